The van der Waals surface area contributed by atoms with Gasteiger partial charge in [-0.25, -0.2) is 4.39 Å². The third kappa shape index (κ3) is 2.48. The van der Waals surface area contributed by atoms with E-state index in [-0.39, 0.29) is 11.5 Å². The molecular formula is C12H11FN2O3. The quantitative estimate of drug-likeness (QED) is 0.908. The molecule has 0 radical (unpaired) electrons. The number of anilines is 1. The molecule has 0 fully saturated rings. The fraction of sp³-hybridized carbons (Fsp3) is 0.167. The number of nitrogens with one attached hydrogen (secondary N) is 1. The van der Waals surface area contributed by atoms with Crippen LogP contribution in [0.2, 0.25) is 0 Å². The summed E-state index contributed by atoms with van der Waals surface area (Å²) in [5.41, 5.74) is 1.02. The highest BCUT2D eigenvalue weighted by atomic mass is 19.1. The Hall–Kier alpha value is -2.37. The molecular weight excluding hydrogens is 239 g/mol. The molecule has 0 aliphatic carbocycles. The molecule has 1 aromatic heterocycles. The van der Waals surface area contributed by atoms with Crippen LogP contribution in [-0.4, -0.2) is 18.2 Å². The summed E-state index contributed by atoms with van der Waals surface area (Å²) >= 11 is 0. The average Bonchev–Trinajstić information content (AvgIpc) is 2.78. The maximum atomic E-state index is 13.2. The predicted octanol–water partition coefficient (Wildman–Crippen LogP) is 2.38. The molecule has 0 atom stereocenters. The van der Waals surface area contributed by atoms with Crippen molar-refractivity contribution in [3.05, 3.63) is 41.5 Å². The van der Waals surface area contributed by atoms with Crippen molar-refractivity contribution in [3.8, 4) is 5.75 Å². The summed E-state index contributed by atoms with van der Waals surface area (Å²) in [6.45, 7) is 1.71. The van der Waals surface area contributed by atoms with Crippen LogP contribution in [0.4, 0.5) is 10.1 Å². The Morgan fingerprint density at radius 2 is 2.22 bits per heavy atom. The number of carbonyl (C=O) groups is 1. The van der Waals surface area contributed by atoms with Crippen LogP contribution in [-0.2, 0) is 0 Å². The van der Waals surface area contributed by atoms with E-state index in [9.17, 15) is 9.18 Å². The first-order valence-corrected chi connectivity index (χ1v) is 5.18. The number of methoxy groups -OCH3 is 1. The van der Waals surface area contributed by atoms with Crippen molar-refractivity contribution in [2.45, 2.75) is 6.92 Å². The largest absolute Gasteiger partial charge is 0.494 e. The summed E-state index contributed by atoms with van der Waals surface area (Å²) in [5.74, 6) is -0.799. The van der Waals surface area contributed by atoms with Gasteiger partial charge in [-0.1, -0.05) is 5.16 Å². The summed E-state index contributed by atoms with van der Waals surface area (Å²) in [7, 11) is 1.35. The second-order valence-electron chi connectivity index (χ2n) is 3.64. The van der Waals surface area contributed by atoms with Crippen LogP contribution in [0.1, 0.15) is 16.2 Å². The van der Waals surface area contributed by atoms with Crippen LogP contribution in [0.5, 0.6) is 5.75 Å². The molecule has 2 aromatic rings. The number of rotatable bonds is 3. The van der Waals surface area contributed by atoms with Crippen LogP contribution >= 0.6 is 0 Å². The highest BCUT2D eigenvalue weighted by molar-refractivity contribution is 6.02. The third-order valence-corrected chi connectivity index (χ3v) is 2.26. The summed E-state index contributed by atoms with van der Waals surface area (Å²) in [5, 5.41) is 6.16. The first-order chi connectivity index (χ1) is 8.60. The normalized spacial score (nSPS) is 10.2. The summed E-state index contributed by atoms with van der Waals surface area (Å²) in [4.78, 5) is 11.7. The average molecular weight is 250 g/mol. The lowest BCUT2D eigenvalue weighted by atomic mass is 10.2. The van der Waals surface area contributed by atoms with E-state index in [0.29, 0.717) is 11.4 Å². The minimum Gasteiger partial charge on any atom is -0.494 e. The van der Waals surface area contributed by atoms with Gasteiger partial charge >= 0.3 is 0 Å². The van der Waals surface area contributed by atoms with Gasteiger partial charge in [0.2, 0.25) is 5.76 Å². The smallest absolute Gasteiger partial charge is 0.294 e. The molecule has 6 heteroatoms. The van der Waals surface area contributed by atoms with Crippen LogP contribution in [0.3, 0.4) is 0 Å². The lowest BCUT2D eigenvalue weighted by molar-refractivity contribution is 0.0988. The molecule has 0 saturated heterocycles. The van der Waals surface area contributed by atoms with E-state index in [0.717, 1.165) is 0 Å². The van der Waals surface area contributed by atoms with Gasteiger partial charge in [-0.2, -0.15) is 0 Å². The molecule has 1 amide bonds. The lowest BCUT2D eigenvalue weighted by Gasteiger charge is -2.06. The van der Waals surface area contributed by atoms with Crippen molar-refractivity contribution in [3.63, 3.8) is 0 Å². The second-order valence-corrected chi connectivity index (χ2v) is 3.64. The third-order valence-electron chi connectivity index (χ3n) is 2.26. The molecule has 0 unspecified atom stereocenters. The van der Waals surface area contributed by atoms with Crippen molar-refractivity contribution in [2.75, 3.05) is 12.4 Å². The number of amides is 1. The topological polar surface area (TPSA) is 64.4 Å². The van der Waals surface area contributed by atoms with Crippen molar-refractivity contribution in [1.82, 2.24) is 5.16 Å². The molecule has 0 bridgehead atoms. The van der Waals surface area contributed by atoms with Gasteiger partial charge in [0.05, 0.1) is 12.8 Å². The second kappa shape index (κ2) is 4.87. The van der Waals surface area contributed by atoms with E-state index >= 15 is 0 Å². The number of benzene rings is 1. The molecule has 2 rings (SSSR count). The molecule has 1 N–H and O–H groups in total. The minimum absolute atomic E-state index is 0.0570. The van der Waals surface area contributed by atoms with E-state index in [1.807, 2.05) is 0 Å². The number of aromatic nitrogens is 1. The molecule has 1 aromatic carbocycles. The Morgan fingerprint density at radius 3 is 2.83 bits per heavy atom. The van der Waals surface area contributed by atoms with E-state index < -0.39 is 11.7 Å². The number of halogens is 1. The van der Waals surface area contributed by atoms with Gasteiger partial charge in [-0.05, 0) is 19.1 Å². The fourth-order valence-electron chi connectivity index (χ4n) is 1.40. The van der Waals surface area contributed by atoms with Crippen molar-refractivity contribution in [1.29, 1.82) is 0 Å². The molecule has 5 nitrogen and oxygen atoms in total. The Kier molecular flexibility index (Phi) is 3.27. The molecule has 1 heterocycles. The van der Waals surface area contributed by atoms with Gasteiger partial charge < -0.3 is 14.6 Å². The van der Waals surface area contributed by atoms with Crippen molar-refractivity contribution in [2.24, 2.45) is 0 Å². The summed E-state index contributed by atoms with van der Waals surface area (Å²) in [6.07, 6.45) is 0. The van der Waals surface area contributed by atoms with Crippen molar-refractivity contribution < 1.29 is 18.4 Å². The van der Waals surface area contributed by atoms with Crippen LogP contribution in [0.25, 0.3) is 0 Å². The summed E-state index contributed by atoms with van der Waals surface area (Å²) in [6, 6.07) is 5.53. The monoisotopic (exact) mass is 250 g/mol. The molecule has 18 heavy (non-hydrogen) atoms. The lowest BCUT2D eigenvalue weighted by Crippen LogP contribution is -2.11. The standard InChI is InChI=1S/C12H11FN2O3/c1-7-5-11(18-15-7)12(16)14-8-3-4-9(13)10(6-8)17-2/h3-6H,1-2H3,(H,14,16). The molecule has 94 valence electrons. The van der Waals surface area contributed by atoms with Gasteiger partial charge in [0.15, 0.2) is 11.6 Å². The Labute approximate surface area is 103 Å². The zero-order chi connectivity index (χ0) is 13.1. The molecule has 0 aliphatic heterocycles. The number of hydrogen-bond acceptors (Lipinski definition) is 4. The van der Waals surface area contributed by atoms with E-state index in [4.69, 9.17) is 9.26 Å². The number of hydrogen-bond donors (Lipinski definition) is 1. The number of carbonyl (C=O) groups excluding carboxylic acids is 1. The zero-order valence-corrected chi connectivity index (χ0v) is 9.86. The van der Waals surface area contributed by atoms with E-state index in [2.05, 4.69) is 10.5 Å². The van der Waals surface area contributed by atoms with Crippen LogP contribution < -0.4 is 10.1 Å². The van der Waals surface area contributed by atoms with E-state index in [1.54, 1.807) is 6.92 Å². The van der Waals surface area contributed by atoms with E-state index in [1.165, 1.54) is 31.4 Å². The number of nitrogens with zero attached hydrogens (tertiary/aromatic N) is 1. The predicted molar refractivity (Wildman–Crippen MR) is 62.1 cm³/mol. The van der Waals surface area contributed by atoms with Crippen molar-refractivity contribution >= 4 is 11.6 Å². The fourth-order valence-corrected chi connectivity index (χ4v) is 1.40. The van der Waals surface area contributed by atoms with Gasteiger partial charge in [0, 0.05) is 17.8 Å². The number of ether oxygens (including phenoxy) is 1. The first-order valence-electron chi connectivity index (χ1n) is 5.18. The van der Waals surface area contributed by atoms with Gasteiger partial charge in [0.25, 0.3) is 5.91 Å². The zero-order valence-electron chi connectivity index (χ0n) is 9.86. The number of aryl methyl sites for hydroxylation is 1. The molecule has 0 spiro atoms. The minimum atomic E-state index is -0.494. The molecule has 0 saturated carbocycles. The first kappa shape index (κ1) is 12.1. The van der Waals surface area contributed by atoms with Crippen LogP contribution in [0, 0.1) is 12.7 Å². The molecule has 0 aliphatic rings. The highest BCUT2D eigenvalue weighted by Crippen LogP contribution is 2.21. The summed E-state index contributed by atoms with van der Waals surface area (Å²) < 4.78 is 22.8. The maximum absolute atomic E-state index is 13.2. The SMILES string of the molecule is COc1cc(NC(=O)c2cc(C)no2)ccc1F. The Morgan fingerprint density at radius 1 is 1.44 bits per heavy atom. The van der Waals surface area contributed by atoms with Gasteiger partial charge in [-0.15, -0.1) is 0 Å². The van der Waals surface area contributed by atoms with Gasteiger partial charge in [0.1, 0.15) is 0 Å². The van der Waals surface area contributed by atoms with Crippen LogP contribution in [0.15, 0.2) is 28.8 Å². The Balaban J connectivity index is 2.16. The maximum Gasteiger partial charge on any atom is 0.294 e. The van der Waals surface area contributed by atoms with Gasteiger partial charge in [-0.3, -0.25) is 4.79 Å². The Bertz CT molecular complexity index is 580. The highest BCUT2D eigenvalue weighted by Gasteiger charge is 2.12.